The lowest BCUT2D eigenvalue weighted by molar-refractivity contribution is 0.111. The van der Waals surface area contributed by atoms with Crippen LogP contribution in [-0.2, 0) is 0 Å². The maximum atomic E-state index is 6.12. The summed E-state index contributed by atoms with van der Waals surface area (Å²) < 4.78 is 11.6. The van der Waals surface area contributed by atoms with Crippen molar-refractivity contribution in [3.05, 3.63) is 24.3 Å². The maximum Gasteiger partial charge on any atom is 0.161 e. The van der Waals surface area contributed by atoms with E-state index >= 15 is 0 Å². The molecule has 1 saturated heterocycles. The van der Waals surface area contributed by atoms with Crippen LogP contribution < -0.4 is 15.2 Å². The predicted octanol–water partition coefficient (Wildman–Crippen LogP) is 2.14. The van der Waals surface area contributed by atoms with E-state index in [1.165, 1.54) is 0 Å². The van der Waals surface area contributed by atoms with Gasteiger partial charge in [0.15, 0.2) is 11.5 Å². The first-order valence-electron chi connectivity index (χ1n) is 7.50. The summed E-state index contributed by atoms with van der Waals surface area (Å²) in [6, 6.07) is 7.67. The number of ether oxygens (including phenoxy) is 2. The van der Waals surface area contributed by atoms with Crippen LogP contribution in [0.1, 0.15) is 12.8 Å². The number of nitrogens with two attached hydrogens (primary N) is 1. The van der Waals surface area contributed by atoms with Gasteiger partial charge < -0.3 is 20.1 Å². The average Bonchev–Trinajstić information content (AvgIpc) is 2.96. The topological polar surface area (TPSA) is 76.4 Å². The fraction of sp³-hybridized carbons (Fsp3) is 0.438. The minimum Gasteiger partial charge on any atom is -0.493 e. The van der Waals surface area contributed by atoms with E-state index in [-0.39, 0.29) is 6.10 Å². The Hall–Kier alpha value is -2.21. The third-order valence-electron chi connectivity index (χ3n) is 4.03. The summed E-state index contributed by atoms with van der Waals surface area (Å²) in [4.78, 5) is 2.32. The number of likely N-dealkylation sites (tertiary alicyclic amines) is 1. The van der Waals surface area contributed by atoms with E-state index < -0.39 is 0 Å². The average molecular weight is 302 g/mol. The van der Waals surface area contributed by atoms with Gasteiger partial charge in [0.2, 0.25) is 0 Å². The highest BCUT2D eigenvalue weighted by Gasteiger charge is 2.19. The zero-order valence-corrected chi connectivity index (χ0v) is 13.0. The number of piperidine rings is 1. The molecule has 6 nitrogen and oxygen atoms in total. The van der Waals surface area contributed by atoms with E-state index in [1.54, 1.807) is 13.2 Å². The van der Waals surface area contributed by atoms with Crippen molar-refractivity contribution < 1.29 is 9.47 Å². The number of nitrogen functional groups attached to an aromatic ring is 1. The van der Waals surface area contributed by atoms with Gasteiger partial charge in [0.25, 0.3) is 0 Å². The summed E-state index contributed by atoms with van der Waals surface area (Å²) in [5, 5.41) is 6.85. The van der Waals surface area contributed by atoms with Crippen LogP contribution in [0.3, 0.4) is 0 Å². The summed E-state index contributed by atoms with van der Waals surface area (Å²) in [6.07, 6.45) is 2.33. The van der Waals surface area contributed by atoms with Crippen molar-refractivity contribution in [1.82, 2.24) is 15.1 Å². The summed E-state index contributed by atoms with van der Waals surface area (Å²) in [6.45, 7) is 2.14. The van der Waals surface area contributed by atoms with Gasteiger partial charge in [-0.1, -0.05) is 0 Å². The first-order chi connectivity index (χ1) is 10.7. The van der Waals surface area contributed by atoms with Gasteiger partial charge in [0, 0.05) is 24.7 Å². The molecule has 0 radical (unpaired) electrons. The summed E-state index contributed by atoms with van der Waals surface area (Å²) in [5.74, 6) is 1.98. The van der Waals surface area contributed by atoms with Crippen LogP contribution in [0.25, 0.3) is 11.3 Å². The second kappa shape index (κ2) is 6.27. The van der Waals surface area contributed by atoms with Gasteiger partial charge in [0.1, 0.15) is 11.9 Å². The second-order valence-electron chi connectivity index (χ2n) is 5.69. The highest BCUT2D eigenvalue weighted by Crippen LogP contribution is 2.33. The zero-order valence-electron chi connectivity index (χ0n) is 13.0. The molecule has 1 aromatic carbocycles. The highest BCUT2D eigenvalue weighted by molar-refractivity contribution is 5.65. The largest absolute Gasteiger partial charge is 0.493 e. The van der Waals surface area contributed by atoms with Gasteiger partial charge in [-0.2, -0.15) is 5.10 Å². The molecule has 1 aliphatic rings. The van der Waals surface area contributed by atoms with Crippen LogP contribution in [0, 0.1) is 0 Å². The molecule has 0 unspecified atom stereocenters. The molecule has 118 valence electrons. The number of anilines is 1. The number of aromatic amines is 1. The molecule has 3 rings (SSSR count). The van der Waals surface area contributed by atoms with Crippen LogP contribution in [0.15, 0.2) is 24.3 Å². The van der Waals surface area contributed by atoms with Crippen LogP contribution in [-0.4, -0.2) is 48.4 Å². The van der Waals surface area contributed by atoms with Crippen molar-refractivity contribution in [2.75, 3.05) is 33.0 Å². The summed E-state index contributed by atoms with van der Waals surface area (Å²) in [7, 11) is 3.80. The Bertz CT molecular complexity index is 633. The molecule has 1 aliphatic heterocycles. The Morgan fingerprint density at radius 1 is 1.23 bits per heavy atom. The van der Waals surface area contributed by atoms with Crippen LogP contribution >= 0.6 is 0 Å². The van der Waals surface area contributed by atoms with E-state index in [9.17, 15) is 0 Å². The van der Waals surface area contributed by atoms with E-state index in [0.717, 1.165) is 48.7 Å². The zero-order chi connectivity index (χ0) is 15.5. The number of nitrogens with zero attached hydrogens (tertiary/aromatic N) is 2. The number of rotatable bonds is 4. The van der Waals surface area contributed by atoms with Gasteiger partial charge in [-0.05, 0) is 38.1 Å². The fourth-order valence-corrected chi connectivity index (χ4v) is 2.70. The molecular formula is C16H22N4O2. The van der Waals surface area contributed by atoms with Gasteiger partial charge in [0.05, 0.1) is 12.8 Å². The van der Waals surface area contributed by atoms with Gasteiger partial charge in [-0.3, -0.25) is 5.10 Å². The lowest BCUT2D eigenvalue weighted by Crippen LogP contribution is -2.35. The third kappa shape index (κ3) is 3.17. The van der Waals surface area contributed by atoms with Crippen molar-refractivity contribution in [3.63, 3.8) is 0 Å². The Balaban J connectivity index is 1.77. The van der Waals surface area contributed by atoms with E-state index in [1.807, 2.05) is 18.2 Å². The Labute approximate surface area is 130 Å². The lowest BCUT2D eigenvalue weighted by Gasteiger charge is -2.29. The molecular weight excluding hydrogens is 280 g/mol. The number of hydrogen-bond donors (Lipinski definition) is 2. The van der Waals surface area contributed by atoms with Crippen LogP contribution in [0.4, 0.5) is 5.82 Å². The minimum absolute atomic E-state index is 0.249. The number of nitrogens with one attached hydrogen (secondary N) is 1. The molecule has 1 fully saturated rings. The molecule has 1 aromatic heterocycles. The Kier molecular flexibility index (Phi) is 4.20. The van der Waals surface area contributed by atoms with Crippen LogP contribution in [0.5, 0.6) is 11.5 Å². The number of benzene rings is 1. The van der Waals surface area contributed by atoms with E-state index in [0.29, 0.717) is 5.82 Å². The molecule has 2 aromatic rings. The molecule has 0 atom stereocenters. The molecule has 2 heterocycles. The third-order valence-corrected chi connectivity index (χ3v) is 4.03. The van der Waals surface area contributed by atoms with Crippen LogP contribution in [0.2, 0.25) is 0 Å². The van der Waals surface area contributed by atoms with Gasteiger partial charge in [-0.25, -0.2) is 0 Å². The Morgan fingerprint density at radius 3 is 2.64 bits per heavy atom. The molecule has 6 heteroatoms. The van der Waals surface area contributed by atoms with Gasteiger partial charge >= 0.3 is 0 Å². The number of hydrogen-bond acceptors (Lipinski definition) is 5. The predicted molar refractivity (Wildman–Crippen MR) is 86.1 cm³/mol. The molecule has 0 saturated carbocycles. The molecule has 0 amide bonds. The fourth-order valence-electron chi connectivity index (χ4n) is 2.70. The Morgan fingerprint density at radius 2 is 2.00 bits per heavy atom. The molecule has 0 aliphatic carbocycles. The maximum absolute atomic E-state index is 6.12. The number of methoxy groups -OCH3 is 1. The van der Waals surface area contributed by atoms with Crippen molar-refractivity contribution in [3.8, 4) is 22.8 Å². The summed E-state index contributed by atoms with van der Waals surface area (Å²) >= 11 is 0. The second-order valence-corrected chi connectivity index (χ2v) is 5.69. The normalized spacial score (nSPS) is 16.6. The number of H-pyrrole nitrogens is 1. The molecule has 22 heavy (non-hydrogen) atoms. The molecule has 3 N–H and O–H groups in total. The quantitative estimate of drug-likeness (QED) is 0.905. The standard InChI is InChI=1S/C16H22N4O2/c1-20-7-5-12(6-8-20)22-14-4-3-11(9-15(14)21-2)13-10-16(17)19-18-13/h3-4,9-10,12H,5-8H2,1-2H3,(H3,17,18,19). The highest BCUT2D eigenvalue weighted by atomic mass is 16.5. The lowest BCUT2D eigenvalue weighted by atomic mass is 10.1. The van der Waals surface area contributed by atoms with Crippen molar-refractivity contribution >= 4 is 5.82 Å². The first-order valence-corrected chi connectivity index (χ1v) is 7.50. The monoisotopic (exact) mass is 302 g/mol. The SMILES string of the molecule is COc1cc(-c2cc(N)n[nH]2)ccc1OC1CCN(C)CC1. The van der Waals surface area contributed by atoms with E-state index in [4.69, 9.17) is 15.2 Å². The molecule has 0 spiro atoms. The first kappa shape index (κ1) is 14.7. The smallest absolute Gasteiger partial charge is 0.161 e. The summed E-state index contributed by atoms with van der Waals surface area (Å²) in [5.41, 5.74) is 7.48. The molecule has 0 bridgehead atoms. The van der Waals surface area contributed by atoms with Crippen molar-refractivity contribution in [1.29, 1.82) is 0 Å². The van der Waals surface area contributed by atoms with E-state index in [2.05, 4.69) is 22.1 Å². The van der Waals surface area contributed by atoms with Gasteiger partial charge in [-0.15, -0.1) is 0 Å². The van der Waals surface area contributed by atoms with Crippen molar-refractivity contribution in [2.24, 2.45) is 0 Å². The number of aromatic nitrogens is 2. The minimum atomic E-state index is 0.249. The van der Waals surface area contributed by atoms with Crippen molar-refractivity contribution in [2.45, 2.75) is 18.9 Å².